The van der Waals surface area contributed by atoms with Gasteiger partial charge in [0.05, 0.1) is 6.61 Å². The van der Waals surface area contributed by atoms with Crippen LogP contribution in [0.2, 0.25) is 0 Å². The lowest BCUT2D eigenvalue weighted by atomic mass is 9.80. The number of hydrogen-bond acceptors (Lipinski definition) is 9. The summed E-state index contributed by atoms with van der Waals surface area (Å²) in [6.07, 6.45) is -6.82. The molecule has 0 aromatic heterocycles. The van der Waals surface area contributed by atoms with E-state index in [1.807, 2.05) is 91.0 Å². The molecule has 1 fully saturated rings. The van der Waals surface area contributed by atoms with Gasteiger partial charge >= 0.3 is 17.9 Å². The lowest BCUT2D eigenvalue weighted by Crippen LogP contribution is -2.62. The Morgan fingerprint density at radius 2 is 1.02 bits per heavy atom. The number of hydrogen-bond donors (Lipinski definition) is 1. The molecule has 40 heavy (non-hydrogen) atoms. The SMILES string of the molecule is CC(=O)O[C@H]1[C@@H](OC(C)=O)[C@@H](O)O[C@H](COC(c2ccccc2)(c2ccccc2)c2ccccc2)[C@H]1OC(C)=O. The summed E-state index contributed by atoms with van der Waals surface area (Å²) in [7, 11) is 0. The van der Waals surface area contributed by atoms with Crippen LogP contribution in [0.4, 0.5) is 0 Å². The number of aliphatic hydroxyl groups is 1. The largest absolute Gasteiger partial charge is 0.456 e. The van der Waals surface area contributed by atoms with Crippen LogP contribution >= 0.6 is 0 Å². The maximum atomic E-state index is 12.1. The van der Waals surface area contributed by atoms with Crippen molar-refractivity contribution in [3.05, 3.63) is 108 Å². The second-order valence-electron chi connectivity index (χ2n) is 9.38. The molecular formula is C31H32O9. The molecular weight excluding hydrogens is 516 g/mol. The second-order valence-corrected chi connectivity index (χ2v) is 9.38. The van der Waals surface area contributed by atoms with E-state index < -0.39 is 54.2 Å². The fraction of sp³-hybridized carbons (Fsp3) is 0.323. The van der Waals surface area contributed by atoms with Crippen LogP contribution in [-0.4, -0.2) is 60.3 Å². The first kappa shape index (κ1) is 28.9. The Labute approximate surface area is 232 Å². The standard InChI is InChI=1S/C31H32O9/c1-20(32)37-27-26(40-30(35)29(39-22(3)34)28(27)38-21(2)33)19-36-31(23-13-7-4-8-14-23,24-15-9-5-10-16-24)25-17-11-6-12-18-25/h4-18,26-30,35H,19H2,1-3H3/t26-,27-,28-,29-,30+/m1/s1. The Hall–Kier alpha value is -4.05. The highest BCUT2D eigenvalue weighted by Crippen LogP contribution is 2.41. The number of aliphatic hydroxyl groups excluding tert-OH is 1. The van der Waals surface area contributed by atoms with Crippen LogP contribution < -0.4 is 0 Å². The van der Waals surface area contributed by atoms with Gasteiger partial charge in [0.25, 0.3) is 0 Å². The zero-order valence-electron chi connectivity index (χ0n) is 22.5. The van der Waals surface area contributed by atoms with Gasteiger partial charge in [-0.3, -0.25) is 14.4 Å². The molecule has 0 amide bonds. The maximum Gasteiger partial charge on any atom is 0.303 e. The number of rotatable bonds is 9. The summed E-state index contributed by atoms with van der Waals surface area (Å²) in [4.78, 5) is 35.9. The van der Waals surface area contributed by atoms with Gasteiger partial charge in [-0.2, -0.15) is 0 Å². The predicted octanol–water partition coefficient (Wildman–Crippen LogP) is 3.51. The predicted molar refractivity (Wildman–Crippen MR) is 143 cm³/mol. The van der Waals surface area contributed by atoms with Crippen molar-refractivity contribution in [1.82, 2.24) is 0 Å². The van der Waals surface area contributed by atoms with Gasteiger partial charge in [-0.15, -0.1) is 0 Å². The van der Waals surface area contributed by atoms with Crippen LogP contribution in [0.5, 0.6) is 0 Å². The minimum absolute atomic E-state index is 0.210. The van der Waals surface area contributed by atoms with E-state index in [0.29, 0.717) is 0 Å². The molecule has 0 saturated carbocycles. The van der Waals surface area contributed by atoms with Gasteiger partial charge in [0.1, 0.15) is 11.7 Å². The highest BCUT2D eigenvalue weighted by Gasteiger charge is 2.52. The number of carbonyl (C=O) groups is 3. The molecule has 1 N–H and O–H groups in total. The number of benzene rings is 3. The topological polar surface area (TPSA) is 118 Å². The molecule has 1 aliphatic heterocycles. The van der Waals surface area contributed by atoms with Gasteiger partial charge in [0, 0.05) is 20.8 Å². The monoisotopic (exact) mass is 548 g/mol. The summed E-state index contributed by atoms with van der Waals surface area (Å²) in [6.45, 7) is 3.28. The van der Waals surface area contributed by atoms with Crippen LogP contribution in [0.15, 0.2) is 91.0 Å². The number of carbonyl (C=O) groups excluding carboxylic acids is 3. The van der Waals surface area contributed by atoms with Crippen LogP contribution in [-0.2, 0) is 43.7 Å². The average molecular weight is 549 g/mol. The van der Waals surface area contributed by atoms with E-state index in [1.54, 1.807) is 0 Å². The van der Waals surface area contributed by atoms with Crippen molar-refractivity contribution in [1.29, 1.82) is 0 Å². The fourth-order valence-electron chi connectivity index (χ4n) is 4.98. The van der Waals surface area contributed by atoms with Crippen molar-refractivity contribution in [2.75, 3.05) is 6.61 Å². The first-order chi connectivity index (χ1) is 19.2. The van der Waals surface area contributed by atoms with Gasteiger partial charge in [0.2, 0.25) is 0 Å². The molecule has 1 heterocycles. The summed E-state index contributed by atoms with van der Waals surface area (Å²) < 4.78 is 28.8. The zero-order chi connectivity index (χ0) is 28.7. The Morgan fingerprint density at radius 3 is 1.43 bits per heavy atom. The highest BCUT2D eigenvalue weighted by molar-refractivity contribution is 5.68. The van der Waals surface area contributed by atoms with Crippen molar-refractivity contribution in [2.24, 2.45) is 0 Å². The van der Waals surface area contributed by atoms with Crippen LogP contribution in [0.25, 0.3) is 0 Å². The minimum Gasteiger partial charge on any atom is -0.456 e. The van der Waals surface area contributed by atoms with E-state index in [4.69, 9.17) is 23.7 Å². The quantitative estimate of drug-likeness (QED) is 0.244. The molecule has 0 aliphatic carbocycles. The highest BCUT2D eigenvalue weighted by atomic mass is 16.7. The molecule has 0 spiro atoms. The van der Waals surface area contributed by atoms with Crippen molar-refractivity contribution in [3.8, 4) is 0 Å². The van der Waals surface area contributed by atoms with Crippen molar-refractivity contribution in [2.45, 2.75) is 57.1 Å². The molecule has 9 heteroatoms. The summed E-state index contributed by atoms with van der Waals surface area (Å²) >= 11 is 0. The summed E-state index contributed by atoms with van der Waals surface area (Å²) in [5.41, 5.74) is 1.33. The van der Waals surface area contributed by atoms with Gasteiger partial charge in [0.15, 0.2) is 24.6 Å². The van der Waals surface area contributed by atoms with E-state index in [1.165, 1.54) is 6.92 Å². The smallest absolute Gasteiger partial charge is 0.303 e. The molecule has 0 radical (unpaired) electrons. The Bertz CT molecular complexity index is 1180. The fourth-order valence-corrected chi connectivity index (χ4v) is 4.98. The van der Waals surface area contributed by atoms with Gasteiger partial charge in [-0.25, -0.2) is 0 Å². The average Bonchev–Trinajstić information content (AvgIpc) is 2.94. The summed E-state index contributed by atoms with van der Waals surface area (Å²) in [6, 6.07) is 28.8. The van der Waals surface area contributed by atoms with Gasteiger partial charge < -0.3 is 28.8 Å². The lowest BCUT2D eigenvalue weighted by molar-refractivity contribution is -0.299. The Morgan fingerprint density at radius 1 is 0.650 bits per heavy atom. The van der Waals surface area contributed by atoms with Crippen LogP contribution in [0.3, 0.4) is 0 Å². The van der Waals surface area contributed by atoms with Crippen LogP contribution in [0.1, 0.15) is 37.5 Å². The zero-order valence-corrected chi connectivity index (χ0v) is 22.5. The summed E-state index contributed by atoms with van der Waals surface area (Å²) in [5.74, 6) is -2.15. The van der Waals surface area contributed by atoms with E-state index in [-0.39, 0.29) is 6.61 Å². The number of ether oxygens (including phenoxy) is 5. The van der Waals surface area contributed by atoms with Gasteiger partial charge in [-0.05, 0) is 16.7 Å². The Kier molecular flexibility index (Phi) is 9.31. The van der Waals surface area contributed by atoms with Crippen LogP contribution in [0, 0.1) is 0 Å². The molecule has 9 nitrogen and oxygen atoms in total. The Balaban J connectivity index is 1.79. The summed E-state index contributed by atoms with van der Waals surface area (Å²) in [5, 5.41) is 10.8. The third-order valence-corrected chi connectivity index (χ3v) is 6.52. The first-order valence-electron chi connectivity index (χ1n) is 12.9. The number of esters is 3. The van der Waals surface area contributed by atoms with E-state index in [9.17, 15) is 19.5 Å². The molecule has 3 aromatic carbocycles. The maximum absolute atomic E-state index is 12.1. The van der Waals surface area contributed by atoms with E-state index in [0.717, 1.165) is 30.5 Å². The molecule has 5 atom stereocenters. The second kappa shape index (κ2) is 12.9. The van der Waals surface area contributed by atoms with Crippen molar-refractivity contribution in [3.63, 3.8) is 0 Å². The molecule has 0 bridgehead atoms. The van der Waals surface area contributed by atoms with E-state index >= 15 is 0 Å². The molecule has 210 valence electrons. The first-order valence-corrected chi connectivity index (χ1v) is 12.9. The van der Waals surface area contributed by atoms with E-state index in [2.05, 4.69) is 0 Å². The molecule has 0 unspecified atom stereocenters. The van der Waals surface area contributed by atoms with Gasteiger partial charge in [-0.1, -0.05) is 91.0 Å². The van der Waals surface area contributed by atoms with Crippen molar-refractivity contribution >= 4 is 17.9 Å². The minimum atomic E-state index is -1.69. The normalized spacial score (nSPS) is 22.6. The molecule has 1 aliphatic rings. The third kappa shape index (κ3) is 6.39. The molecule has 3 aromatic rings. The van der Waals surface area contributed by atoms with Crippen molar-refractivity contribution < 1.29 is 43.2 Å². The third-order valence-electron chi connectivity index (χ3n) is 6.52. The molecule has 1 saturated heterocycles. The lowest BCUT2D eigenvalue weighted by Gasteiger charge is -2.44. The molecule has 4 rings (SSSR count).